The van der Waals surface area contributed by atoms with Crippen molar-refractivity contribution in [2.45, 2.75) is 529 Å². The van der Waals surface area contributed by atoms with Gasteiger partial charge in [0.2, 0.25) is 5.91 Å². The van der Waals surface area contributed by atoms with E-state index in [1.54, 1.807) is 0 Å². The molecule has 0 aromatic rings. The SMILES string of the molecule is CCCCCCCCCCCCCCCCCCCCCCCCCCCCCCCCCCCCCCCCCC(=O)NC(COC1OC(CO)C(OC2OC(CO)C(OC3OC(CO)C(O)C(O)C3O)C(O)C2O)C(O)C1O)C(O)CCCCCCCCCCCCCCCCCCCCCCCCC. The molecule has 0 aromatic carbocycles. The average molecular weight is 1530 g/mol. The zero-order valence-corrected chi connectivity index (χ0v) is 68.7. The molecule has 636 valence electrons. The van der Waals surface area contributed by atoms with Crippen molar-refractivity contribution >= 4 is 5.91 Å². The summed E-state index contributed by atoms with van der Waals surface area (Å²) in [5, 5.41) is 121. The molecular weight excluding hydrogens is 1360 g/mol. The molecule has 0 bridgehead atoms. The lowest BCUT2D eigenvalue weighted by atomic mass is 9.96. The van der Waals surface area contributed by atoms with Gasteiger partial charge in [0.1, 0.15) is 73.2 Å². The van der Waals surface area contributed by atoms with E-state index in [9.17, 15) is 61.0 Å². The summed E-state index contributed by atoms with van der Waals surface area (Å²) in [7, 11) is 0. The van der Waals surface area contributed by atoms with Gasteiger partial charge in [-0.25, -0.2) is 0 Å². The van der Waals surface area contributed by atoms with Gasteiger partial charge in [0, 0.05) is 6.42 Å². The molecule has 17 atom stereocenters. The Hall–Kier alpha value is -1.21. The molecule has 3 aliphatic rings. The predicted molar refractivity (Wildman–Crippen MR) is 430 cm³/mol. The lowest BCUT2D eigenvalue weighted by Gasteiger charge is -2.48. The molecule has 3 fully saturated rings. The topological polar surface area (TPSA) is 307 Å². The molecule has 107 heavy (non-hydrogen) atoms. The Morgan fingerprint density at radius 2 is 0.533 bits per heavy atom. The molecule has 0 radical (unpaired) electrons. The largest absolute Gasteiger partial charge is 0.394 e. The first kappa shape index (κ1) is 100.0. The molecule has 3 aliphatic heterocycles. The number of carbonyl (C=O) groups excluding carboxylic acids is 1. The maximum atomic E-state index is 13.5. The van der Waals surface area contributed by atoms with Gasteiger partial charge in [-0.05, 0) is 12.8 Å². The second-order valence-corrected chi connectivity index (χ2v) is 33.1. The predicted octanol–water partition coefficient (Wildman–Crippen LogP) is 17.3. The average Bonchev–Trinajstić information content (AvgIpc) is 0.781. The number of hydrogen-bond donors (Lipinski definition) is 12. The van der Waals surface area contributed by atoms with Crippen molar-refractivity contribution < 1.29 is 89.4 Å². The maximum absolute atomic E-state index is 13.5. The minimum Gasteiger partial charge on any atom is -0.394 e. The van der Waals surface area contributed by atoms with Crippen molar-refractivity contribution in [3.63, 3.8) is 0 Å². The zero-order chi connectivity index (χ0) is 77.4. The Balaban J connectivity index is 1.28. The van der Waals surface area contributed by atoms with Gasteiger partial charge in [-0.3, -0.25) is 4.79 Å². The van der Waals surface area contributed by atoms with Crippen molar-refractivity contribution in [3.8, 4) is 0 Å². The Morgan fingerprint density at radius 1 is 0.299 bits per heavy atom. The third-order valence-corrected chi connectivity index (χ3v) is 23.4. The monoisotopic (exact) mass is 1530 g/mol. The van der Waals surface area contributed by atoms with Crippen LogP contribution in [0.5, 0.6) is 0 Å². The highest BCUT2D eigenvalue weighted by molar-refractivity contribution is 5.76. The normalized spacial score (nSPS) is 25.4. The zero-order valence-electron chi connectivity index (χ0n) is 68.7. The first-order chi connectivity index (χ1) is 52.3. The minimum absolute atomic E-state index is 0.231. The maximum Gasteiger partial charge on any atom is 0.220 e. The summed E-state index contributed by atoms with van der Waals surface area (Å²) in [4.78, 5) is 13.5. The number of hydrogen-bond acceptors (Lipinski definition) is 18. The number of carbonyl (C=O) groups is 1. The molecule has 1 amide bonds. The van der Waals surface area contributed by atoms with E-state index in [4.69, 9.17) is 28.4 Å². The van der Waals surface area contributed by atoms with Crippen LogP contribution in [0.25, 0.3) is 0 Å². The second-order valence-electron chi connectivity index (χ2n) is 33.1. The Labute approximate surface area is 653 Å². The van der Waals surface area contributed by atoms with E-state index in [1.165, 1.54) is 347 Å². The molecule has 0 spiro atoms. The second kappa shape index (κ2) is 69.1. The molecule has 3 rings (SSSR count). The van der Waals surface area contributed by atoms with E-state index >= 15 is 0 Å². The molecule has 0 aromatic heterocycles. The van der Waals surface area contributed by atoms with E-state index in [0.717, 1.165) is 44.9 Å². The van der Waals surface area contributed by atoms with E-state index in [2.05, 4.69) is 19.2 Å². The highest BCUT2D eigenvalue weighted by atomic mass is 16.8. The summed E-state index contributed by atoms with van der Waals surface area (Å²) >= 11 is 0. The van der Waals surface area contributed by atoms with Crippen LogP contribution in [-0.2, 0) is 33.2 Å². The Morgan fingerprint density at radius 3 is 0.813 bits per heavy atom. The van der Waals surface area contributed by atoms with Crippen molar-refractivity contribution in [1.82, 2.24) is 5.32 Å². The first-order valence-electron chi connectivity index (χ1n) is 45.8. The van der Waals surface area contributed by atoms with Crippen LogP contribution < -0.4 is 5.32 Å². The standard InChI is InChI=1S/C88H171NO18/c1-3-5-7-9-11-13-15-17-19-21-23-25-27-28-29-30-31-32-33-34-35-36-37-38-39-40-41-42-44-46-48-50-52-54-56-58-60-62-64-66-76(94)89-71(72(93)65-63-61-59-57-55-53-51-49-47-45-43-26-24-22-20-18-16-14-12-10-8-6-4-2)70-102-86-82(100)79(97)84(74(68-91)104-86)107-88-83(101)80(98)85(75(69-92)105-88)106-87-81(99)78(96)77(95)73(67-90)103-87/h71-75,77-88,90-93,95-101H,3-70H2,1-2H3,(H,89,94). The van der Waals surface area contributed by atoms with Crippen LogP contribution >= 0.6 is 0 Å². The van der Waals surface area contributed by atoms with E-state index in [0.29, 0.717) is 12.8 Å². The van der Waals surface area contributed by atoms with Crippen LogP contribution in [0.3, 0.4) is 0 Å². The molecule has 19 heteroatoms. The van der Waals surface area contributed by atoms with E-state index in [1.807, 2.05) is 0 Å². The molecule has 19 nitrogen and oxygen atoms in total. The van der Waals surface area contributed by atoms with Crippen molar-refractivity contribution in [2.24, 2.45) is 0 Å². The van der Waals surface area contributed by atoms with E-state index < -0.39 is 124 Å². The van der Waals surface area contributed by atoms with Gasteiger partial charge < -0.3 is 89.9 Å². The third-order valence-electron chi connectivity index (χ3n) is 23.4. The lowest BCUT2D eigenvalue weighted by Crippen LogP contribution is -2.66. The Kier molecular flexibility index (Phi) is 64.6. The highest BCUT2D eigenvalue weighted by Gasteiger charge is 2.54. The van der Waals surface area contributed by atoms with Gasteiger partial charge in [0.15, 0.2) is 18.9 Å². The number of nitrogens with one attached hydrogen (secondary N) is 1. The van der Waals surface area contributed by atoms with Crippen LogP contribution in [0.2, 0.25) is 0 Å². The Bertz CT molecular complexity index is 1930. The van der Waals surface area contributed by atoms with Crippen LogP contribution in [-0.4, -0.2) is 193 Å². The number of aliphatic hydroxyl groups excluding tert-OH is 11. The number of aliphatic hydroxyl groups is 11. The summed E-state index contributed by atoms with van der Waals surface area (Å²) in [6.07, 6.45) is 56.6. The molecule has 3 heterocycles. The summed E-state index contributed by atoms with van der Waals surface area (Å²) in [5.41, 5.74) is 0. The fourth-order valence-electron chi connectivity index (χ4n) is 16.1. The quantitative estimate of drug-likeness (QED) is 0.0252. The fraction of sp³-hybridized carbons (Fsp3) is 0.989. The molecule has 17 unspecified atom stereocenters. The number of unbranched alkanes of at least 4 members (excludes halogenated alkanes) is 60. The third kappa shape index (κ3) is 48.1. The van der Waals surface area contributed by atoms with Gasteiger partial charge in [0.05, 0.1) is 38.6 Å². The van der Waals surface area contributed by atoms with Gasteiger partial charge >= 0.3 is 0 Å². The summed E-state index contributed by atoms with van der Waals surface area (Å²) in [6.45, 7) is 1.89. The van der Waals surface area contributed by atoms with Crippen LogP contribution in [0, 0.1) is 0 Å². The lowest BCUT2D eigenvalue weighted by molar-refractivity contribution is -0.379. The van der Waals surface area contributed by atoms with Crippen LogP contribution in [0.15, 0.2) is 0 Å². The van der Waals surface area contributed by atoms with Gasteiger partial charge in [-0.1, -0.05) is 406 Å². The smallest absolute Gasteiger partial charge is 0.220 e. The molecular formula is C88H171NO18. The van der Waals surface area contributed by atoms with Crippen LogP contribution in [0.1, 0.15) is 425 Å². The summed E-state index contributed by atoms with van der Waals surface area (Å²) < 4.78 is 34.6. The minimum atomic E-state index is -1.97. The van der Waals surface area contributed by atoms with Crippen molar-refractivity contribution in [1.29, 1.82) is 0 Å². The summed E-state index contributed by atoms with van der Waals surface area (Å²) in [5.74, 6) is -0.231. The van der Waals surface area contributed by atoms with Gasteiger partial charge in [-0.2, -0.15) is 0 Å². The number of ether oxygens (including phenoxy) is 6. The number of rotatable bonds is 76. The fourth-order valence-corrected chi connectivity index (χ4v) is 16.1. The van der Waals surface area contributed by atoms with Gasteiger partial charge in [0.25, 0.3) is 0 Å². The molecule has 3 saturated heterocycles. The van der Waals surface area contributed by atoms with Crippen molar-refractivity contribution in [3.05, 3.63) is 0 Å². The van der Waals surface area contributed by atoms with Gasteiger partial charge in [-0.15, -0.1) is 0 Å². The first-order valence-corrected chi connectivity index (χ1v) is 45.8. The molecule has 0 saturated carbocycles. The number of amides is 1. The summed E-state index contributed by atoms with van der Waals surface area (Å²) in [6, 6.07) is -0.884. The highest BCUT2D eigenvalue weighted by Crippen LogP contribution is 2.34. The van der Waals surface area contributed by atoms with Crippen LogP contribution in [0.4, 0.5) is 0 Å². The molecule has 12 N–H and O–H groups in total. The van der Waals surface area contributed by atoms with Crippen molar-refractivity contribution in [2.75, 3.05) is 26.4 Å². The van der Waals surface area contributed by atoms with E-state index in [-0.39, 0.29) is 18.9 Å². The molecule has 0 aliphatic carbocycles.